The molecule has 2 aromatic heterocycles. The first-order valence-corrected chi connectivity index (χ1v) is 9.87. The van der Waals surface area contributed by atoms with Crippen molar-refractivity contribution in [2.24, 2.45) is 0 Å². The summed E-state index contributed by atoms with van der Waals surface area (Å²) in [7, 11) is 0. The Kier molecular flexibility index (Phi) is 5.81. The molecule has 3 heterocycles. The Hall–Kier alpha value is -3.14. The summed E-state index contributed by atoms with van der Waals surface area (Å²) >= 11 is 6.03. The highest BCUT2D eigenvalue weighted by atomic mass is 35.5. The van der Waals surface area contributed by atoms with Crippen LogP contribution in [0.5, 0.6) is 0 Å². The second-order valence-corrected chi connectivity index (χ2v) is 7.50. The lowest BCUT2D eigenvalue weighted by Crippen LogP contribution is -2.49. The third-order valence-electron chi connectivity index (χ3n) is 5.03. The van der Waals surface area contributed by atoms with E-state index in [0.717, 1.165) is 17.8 Å². The van der Waals surface area contributed by atoms with Crippen molar-refractivity contribution in [2.45, 2.75) is 12.7 Å². The van der Waals surface area contributed by atoms with Gasteiger partial charge in [-0.25, -0.2) is 14.6 Å². The predicted molar refractivity (Wildman–Crippen MR) is 108 cm³/mol. The molecule has 1 amide bonds. The molecule has 1 aliphatic heterocycles. The van der Waals surface area contributed by atoms with E-state index in [1.165, 1.54) is 6.33 Å². The first-order chi connectivity index (χ1) is 14.8. The van der Waals surface area contributed by atoms with Gasteiger partial charge in [-0.1, -0.05) is 23.7 Å². The minimum Gasteiger partial charge on any atom is -0.352 e. The Morgan fingerprint density at radius 2 is 1.81 bits per heavy atom. The predicted octanol–water partition coefficient (Wildman–Crippen LogP) is 3.36. The van der Waals surface area contributed by atoms with Gasteiger partial charge in [0.15, 0.2) is 0 Å². The van der Waals surface area contributed by atoms with Gasteiger partial charge in [0, 0.05) is 37.9 Å². The molecule has 1 saturated heterocycles. The Morgan fingerprint density at radius 3 is 2.39 bits per heavy atom. The molecule has 1 fully saturated rings. The largest absolute Gasteiger partial charge is 0.417 e. The highest BCUT2D eigenvalue weighted by Gasteiger charge is 2.32. The average Bonchev–Trinajstić information content (AvgIpc) is 3.26. The molecule has 0 spiro atoms. The van der Waals surface area contributed by atoms with Crippen LogP contribution in [0.2, 0.25) is 5.02 Å². The lowest BCUT2D eigenvalue weighted by atomic mass is 10.1. The van der Waals surface area contributed by atoms with Crippen LogP contribution >= 0.6 is 11.6 Å². The number of hydrogen-bond acceptors (Lipinski definition) is 5. The van der Waals surface area contributed by atoms with Gasteiger partial charge in [-0.15, -0.1) is 0 Å². The number of pyridine rings is 1. The number of nitrogens with zero attached hydrogens (tertiary/aromatic N) is 6. The van der Waals surface area contributed by atoms with Crippen LogP contribution in [0.25, 0.3) is 0 Å². The second-order valence-electron chi connectivity index (χ2n) is 7.10. The van der Waals surface area contributed by atoms with Gasteiger partial charge in [0.2, 0.25) is 0 Å². The Morgan fingerprint density at radius 1 is 1.10 bits per heavy atom. The Balaban J connectivity index is 1.37. The molecule has 0 bridgehead atoms. The summed E-state index contributed by atoms with van der Waals surface area (Å²) in [5.74, 6) is 0.192. The van der Waals surface area contributed by atoms with Crippen LogP contribution in [0, 0.1) is 0 Å². The molecule has 7 nitrogen and oxygen atoms in total. The Labute approximate surface area is 181 Å². The second kappa shape index (κ2) is 8.54. The monoisotopic (exact) mass is 450 g/mol. The van der Waals surface area contributed by atoms with E-state index in [-0.39, 0.29) is 10.9 Å². The van der Waals surface area contributed by atoms with E-state index in [4.69, 9.17) is 11.6 Å². The summed E-state index contributed by atoms with van der Waals surface area (Å²) in [4.78, 5) is 24.1. The van der Waals surface area contributed by atoms with Crippen LogP contribution in [-0.2, 0) is 12.7 Å². The van der Waals surface area contributed by atoms with Gasteiger partial charge in [-0.3, -0.25) is 4.79 Å². The minimum atomic E-state index is -4.49. The standard InChI is InChI=1S/C20H18ClF3N6O/c21-17-9-16(20(22,23)24)10-26-18(17)28-5-7-29(8-6-28)19(31)15-3-1-14(2-4-15)11-30-13-25-12-27-30/h1-4,9-10,12-13H,5-8,11H2. The SMILES string of the molecule is O=C(c1ccc(Cn2cncn2)cc1)N1CCN(c2ncc(C(F)(F)F)cc2Cl)CC1. The fourth-order valence-electron chi connectivity index (χ4n) is 3.38. The van der Waals surface area contributed by atoms with Crippen molar-refractivity contribution in [1.29, 1.82) is 0 Å². The van der Waals surface area contributed by atoms with Crippen molar-refractivity contribution < 1.29 is 18.0 Å². The van der Waals surface area contributed by atoms with Crippen LogP contribution in [0.4, 0.5) is 19.0 Å². The molecule has 0 unspecified atom stereocenters. The van der Waals surface area contributed by atoms with Gasteiger partial charge < -0.3 is 9.80 Å². The van der Waals surface area contributed by atoms with Crippen LogP contribution < -0.4 is 4.90 Å². The van der Waals surface area contributed by atoms with Crippen LogP contribution in [-0.4, -0.2) is 56.7 Å². The summed E-state index contributed by atoms with van der Waals surface area (Å²) in [5.41, 5.74) is 0.679. The van der Waals surface area contributed by atoms with E-state index in [9.17, 15) is 18.0 Å². The highest BCUT2D eigenvalue weighted by molar-refractivity contribution is 6.33. The zero-order valence-electron chi connectivity index (χ0n) is 16.3. The molecule has 162 valence electrons. The number of rotatable bonds is 4. The van der Waals surface area contributed by atoms with E-state index in [1.807, 2.05) is 12.1 Å². The number of piperazine rings is 1. The maximum absolute atomic E-state index is 12.8. The number of amides is 1. The average molecular weight is 451 g/mol. The van der Waals surface area contributed by atoms with E-state index in [0.29, 0.717) is 44.1 Å². The quantitative estimate of drug-likeness (QED) is 0.610. The van der Waals surface area contributed by atoms with Crippen molar-refractivity contribution in [2.75, 3.05) is 31.1 Å². The lowest BCUT2D eigenvalue weighted by molar-refractivity contribution is -0.137. The Bertz CT molecular complexity index is 1050. The third-order valence-corrected chi connectivity index (χ3v) is 5.31. The molecule has 3 aromatic rings. The number of carbonyl (C=O) groups is 1. The molecule has 4 rings (SSSR count). The number of hydrogen-bond donors (Lipinski definition) is 0. The summed E-state index contributed by atoms with van der Waals surface area (Å²) in [6.07, 6.45) is -0.633. The van der Waals surface area contributed by atoms with E-state index in [1.54, 1.807) is 32.9 Å². The van der Waals surface area contributed by atoms with Crippen molar-refractivity contribution in [3.63, 3.8) is 0 Å². The van der Waals surface area contributed by atoms with Gasteiger partial charge in [-0.05, 0) is 23.8 Å². The molecular weight excluding hydrogens is 433 g/mol. The molecule has 11 heteroatoms. The van der Waals surface area contributed by atoms with E-state index >= 15 is 0 Å². The van der Waals surface area contributed by atoms with Gasteiger partial charge in [0.05, 0.1) is 17.1 Å². The maximum Gasteiger partial charge on any atom is 0.417 e. The molecule has 0 atom stereocenters. The summed E-state index contributed by atoms with van der Waals surface area (Å²) in [5, 5.41) is 4.00. The molecule has 1 aliphatic rings. The van der Waals surface area contributed by atoms with Gasteiger partial charge in [0.25, 0.3) is 5.91 Å². The molecule has 0 saturated carbocycles. The zero-order valence-corrected chi connectivity index (χ0v) is 17.0. The van der Waals surface area contributed by atoms with Crippen molar-refractivity contribution in [1.82, 2.24) is 24.6 Å². The van der Waals surface area contributed by atoms with E-state index < -0.39 is 11.7 Å². The van der Waals surface area contributed by atoms with Gasteiger partial charge in [-0.2, -0.15) is 18.3 Å². The van der Waals surface area contributed by atoms with E-state index in [2.05, 4.69) is 15.1 Å². The zero-order chi connectivity index (χ0) is 22.0. The van der Waals surface area contributed by atoms with Gasteiger partial charge in [0.1, 0.15) is 18.5 Å². The summed E-state index contributed by atoms with van der Waals surface area (Å²) in [6, 6.07) is 8.17. The van der Waals surface area contributed by atoms with Crippen molar-refractivity contribution in [3.05, 3.63) is 70.9 Å². The van der Waals surface area contributed by atoms with Crippen molar-refractivity contribution in [3.8, 4) is 0 Å². The maximum atomic E-state index is 12.8. The first kappa shape index (κ1) is 21.1. The topological polar surface area (TPSA) is 67.2 Å². The number of alkyl halides is 3. The smallest absolute Gasteiger partial charge is 0.352 e. The number of halogens is 4. The van der Waals surface area contributed by atoms with Crippen LogP contribution in [0.15, 0.2) is 49.2 Å². The lowest BCUT2D eigenvalue weighted by Gasteiger charge is -2.35. The molecular formula is C20H18ClF3N6O. The number of anilines is 1. The summed E-state index contributed by atoms with van der Waals surface area (Å²) in [6.45, 7) is 2.24. The van der Waals surface area contributed by atoms with Crippen LogP contribution in [0.3, 0.4) is 0 Å². The highest BCUT2D eigenvalue weighted by Crippen LogP contribution is 2.33. The molecule has 1 aromatic carbocycles. The summed E-state index contributed by atoms with van der Waals surface area (Å²) < 4.78 is 40.1. The first-order valence-electron chi connectivity index (χ1n) is 9.49. The van der Waals surface area contributed by atoms with Crippen molar-refractivity contribution >= 4 is 23.3 Å². The molecule has 0 aliphatic carbocycles. The molecule has 31 heavy (non-hydrogen) atoms. The van der Waals surface area contributed by atoms with Crippen LogP contribution in [0.1, 0.15) is 21.5 Å². The minimum absolute atomic E-state index is 0.0578. The third kappa shape index (κ3) is 4.79. The fraction of sp³-hybridized carbons (Fsp3) is 0.300. The fourth-order valence-corrected chi connectivity index (χ4v) is 3.66. The molecule has 0 radical (unpaired) electrons. The number of aromatic nitrogens is 4. The normalized spacial score (nSPS) is 14.7. The molecule has 0 N–H and O–H groups in total. The number of benzene rings is 1. The van der Waals surface area contributed by atoms with Gasteiger partial charge >= 0.3 is 6.18 Å². The number of carbonyl (C=O) groups excluding carboxylic acids is 1.